The Morgan fingerprint density at radius 1 is 1.30 bits per heavy atom. The summed E-state index contributed by atoms with van der Waals surface area (Å²) in [6.07, 6.45) is 3.00. The van der Waals surface area contributed by atoms with E-state index in [0.717, 1.165) is 36.5 Å². The van der Waals surface area contributed by atoms with Gasteiger partial charge in [0.2, 0.25) is 0 Å². The van der Waals surface area contributed by atoms with Gasteiger partial charge >= 0.3 is 5.97 Å². The summed E-state index contributed by atoms with van der Waals surface area (Å²) in [6.45, 7) is 6.33. The number of rotatable bonds is 8. The van der Waals surface area contributed by atoms with Gasteiger partial charge in [0.1, 0.15) is 10.9 Å². The fourth-order valence-corrected chi connectivity index (χ4v) is 5.65. The maximum Gasteiger partial charge on any atom is 0.337 e. The number of anilines is 1. The average molecular weight is 490 g/mol. The number of piperidine rings is 1. The molecule has 176 valence electrons. The molecular weight excluding hydrogens is 462 g/mol. The van der Waals surface area contributed by atoms with Crippen molar-refractivity contribution in [2.45, 2.75) is 51.6 Å². The van der Waals surface area contributed by atoms with Gasteiger partial charge < -0.3 is 20.6 Å². The Morgan fingerprint density at radius 2 is 2.12 bits per heavy atom. The van der Waals surface area contributed by atoms with Crippen molar-refractivity contribution >= 4 is 55.9 Å². The van der Waals surface area contributed by atoms with E-state index in [1.54, 1.807) is 12.1 Å². The highest BCUT2D eigenvalue weighted by atomic mass is 35.5. The minimum absolute atomic E-state index is 0.0321. The van der Waals surface area contributed by atoms with Gasteiger partial charge in [-0.2, -0.15) is 0 Å². The number of hydrogen-bond donors (Lipinski definition) is 3. The smallest absolute Gasteiger partial charge is 0.337 e. The summed E-state index contributed by atoms with van der Waals surface area (Å²) in [4.78, 5) is 35.6. The summed E-state index contributed by atoms with van der Waals surface area (Å²) in [5.74, 6) is -1.11. The molecule has 1 aromatic heterocycles. The number of nitrogens with one attached hydrogen (secondary N) is 2. The highest BCUT2D eigenvalue weighted by molar-refractivity contribution is 7.22. The zero-order chi connectivity index (χ0) is 23.5. The molecule has 1 saturated heterocycles. The zero-order valence-corrected chi connectivity index (χ0v) is 20.3. The number of amides is 1. The number of fused-ring (bicyclic) bond motifs is 1. The van der Waals surface area contributed by atoms with E-state index in [2.05, 4.69) is 27.4 Å². The van der Waals surface area contributed by atoms with Gasteiger partial charge in [-0.3, -0.25) is 4.79 Å². The van der Waals surface area contributed by atoms with Crippen molar-refractivity contribution in [3.8, 4) is 0 Å². The number of carbonyl (C=O) groups is 2. The first-order chi connectivity index (χ1) is 15.9. The van der Waals surface area contributed by atoms with Gasteiger partial charge in [-0.15, -0.1) is 0 Å². The predicted octanol–water partition coefficient (Wildman–Crippen LogP) is 3.76. The molecule has 8 nitrogen and oxygen atoms in total. The molecule has 33 heavy (non-hydrogen) atoms. The highest BCUT2D eigenvalue weighted by Gasteiger charge is 2.33. The van der Waals surface area contributed by atoms with Crippen LogP contribution in [0.4, 0.5) is 5.13 Å². The molecule has 0 spiro atoms. The SMILES string of the molecule is CCCN[C@H]1CN(c2nc3cccc(C(=O)O)c3s2)CC[C@H]1NC(=O)C1=NC(Cl)=C(CC)C1. The highest BCUT2D eigenvalue weighted by Crippen LogP contribution is 2.33. The molecule has 2 aliphatic heterocycles. The van der Waals surface area contributed by atoms with Crippen molar-refractivity contribution in [3.63, 3.8) is 0 Å². The molecule has 2 aromatic rings. The molecule has 0 saturated carbocycles. The Kier molecular flexibility index (Phi) is 7.31. The van der Waals surface area contributed by atoms with Gasteiger partial charge in [0.15, 0.2) is 5.13 Å². The van der Waals surface area contributed by atoms with Gasteiger partial charge in [-0.1, -0.05) is 42.9 Å². The number of carbonyl (C=O) groups excluding carboxylic acids is 1. The lowest BCUT2D eigenvalue weighted by atomic mass is 9.98. The number of halogens is 1. The number of aliphatic imine (C=N–C) groups is 1. The Bertz CT molecular complexity index is 1130. The van der Waals surface area contributed by atoms with E-state index in [1.165, 1.54) is 11.3 Å². The summed E-state index contributed by atoms with van der Waals surface area (Å²) in [5, 5.41) is 17.5. The molecule has 1 aromatic carbocycles. The number of allylic oxidation sites excluding steroid dienone is 1. The molecule has 1 fully saturated rings. The lowest BCUT2D eigenvalue weighted by Gasteiger charge is -2.39. The van der Waals surface area contributed by atoms with Gasteiger partial charge in [-0.05, 0) is 43.5 Å². The van der Waals surface area contributed by atoms with Crippen molar-refractivity contribution in [2.75, 3.05) is 24.5 Å². The number of thiazole rings is 1. The summed E-state index contributed by atoms with van der Waals surface area (Å²) in [7, 11) is 0. The lowest BCUT2D eigenvalue weighted by Crippen LogP contribution is -2.60. The molecule has 0 bridgehead atoms. The predicted molar refractivity (Wildman–Crippen MR) is 133 cm³/mol. The number of nitrogens with zero attached hydrogens (tertiary/aromatic N) is 3. The quantitative estimate of drug-likeness (QED) is 0.487. The van der Waals surface area contributed by atoms with Crippen molar-refractivity contribution in [3.05, 3.63) is 34.5 Å². The Morgan fingerprint density at radius 3 is 2.82 bits per heavy atom. The summed E-state index contributed by atoms with van der Waals surface area (Å²) in [5.41, 5.74) is 2.43. The molecule has 2 atom stereocenters. The fraction of sp³-hybridized carbons (Fsp3) is 0.478. The van der Waals surface area contributed by atoms with Crippen LogP contribution in [0.5, 0.6) is 0 Å². The molecule has 0 radical (unpaired) electrons. The van der Waals surface area contributed by atoms with Crippen LogP contribution in [-0.4, -0.2) is 59.4 Å². The third-order valence-electron chi connectivity index (χ3n) is 6.09. The van der Waals surface area contributed by atoms with Gasteiger partial charge in [-0.25, -0.2) is 14.8 Å². The molecule has 0 aliphatic carbocycles. The molecule has 4 rings (SSSR count). The second kappa shape index (κ2) is 10.2. The number of aromatic carboxylic acids is 1. The summed E-state index contributed by atoms with van der Waals surface area (Å²) < 4.78 is 0.684. The normalized spacial score (nSPS) is 20.9. The second-order valence-electron chi connectivity index (χ2n) is 8.31. The third-order valence-corrected chi connectivity index (χ3v) is 7.60. The minimum atomic E-state index is -0.949. The monoisotopic (exact) mass is 489 g/mol. The van der Waals surface area contributed by atoms with E-state index in [-0.39, 0.29) is 23.6 Å². The zero-order valence-electron chi connectivity index (χ0n) is 18.7. The van der Waals surface area contributed by atoms with Gasteiger partial charge in [0.25, 0.3) is 5.91 Å². The van der Waals surface area contributed by atoms with Crippen LogP contribution in [0, 0.1) is 0 Å². The van der Waals surface area contributed by atoms with Crippen LogP contribution in [0.25, 0.3) is 10.2 Å². The van der Waals surface area contributed by atoms with Crippen LogP contribution in [0.15, 0.2) is 33.9 Å². The second-order valence-corrected chi connectivity index (χ2v) is 9.65. The van der Waals surface area contributed by atoms with Crippen LogP contribution < -0.4 is 15.5 Å². The van der Waals surface area contributed by atoms with Crippen molar-refractivity contribution in [1.82, 2.24) is 15.6 Å². The molecule has 3 N–H and O–H groups in total. The Balaban J connectivity index is 1.48. The molecule has 2 aliphatic rings. The van der Waals surface area contributed by atoms with Crippen LogP contribution >= 0.6 is 22.9 Å². The van der Waals surface area contributed by atoms with E-state index >= 15 is 0 Å². The van der Waals surface area contributed by atoms with Crippen molar-refractivity contribution in [1.29, 1.82) is 0 Å². The van der Waals surface area contributed by atoms with Crippen molar-refractivity contribution < 1.29 is 14.7 Å². The first kappa shape index (κ1) is 23.7. The van der Waals surface area contributed by atoms with E-state index in [0.29, 0.717) is 40.6 Å². The number of aromatic nitrogens is 1. The molecule has 3 heterocycles. The van der Waals surface area contributed by atoms with E-state index < -0.39 is 5.97 Å². The third kappa shape index (κ3) is 5.05. The largest absolute Gasteiger partial charge is 0.478 e. The number of hydrogen-bond acceptors (Lipinski definition) is 7. The Hall–Kier alpha value is -2.49. The topological polar surface area (TPSA) is 107 Å². The lowest BCUT2D eigenvalue weighted by molar-refractivity contribution is -0.115. The molecular formula is C23H28ClN5O3S. The van der Waals surface area contributed by atoms with E-state index in [4.69, 9.17) is 16.6 Å². The van der Waals surface area contributed by atoms with Crippen LogP contribution in [0.1, 0.15) is 49.9 Å². The van der Waals surface area contributed by atoms with E-state index in [1.807, 2.05) is 13.0 Å². The first-order valence-electron chi connectivity index (χ1n) is 11.3. The summed E-state index contributed by atoms with van der Waals surface area (Å²) in [6, 6.07) is 5.16. The van der Waals surface area contributed by atoms with Crippen LogP contribution in [-0.2, 0) is 4.79 Å². The standard InChI is InChI=1S/C23H28ClN5O3S/c1-3-9-25-18-12-29(23-28-16-7-5-6-14(22(31)32)19(16)33-23)10-8-15(18)27-21(30)17-11-13(4-2)20(24)26-17/h5-7,15,18,25H,3-4,8-12H2,1-2H3,(H,27,30)(H,31,32)/t15-,18+/m1/s1. The maximum atomic E-state index is 12.9. The van der Waals surface area contributed by atoms with E-state index in [9.17, 15) is 14.7 Å². The first-order valence-corrected chi connectivity index (χ1v) is 12.5. The minimum Gasteiger partial charge on any atom is -0.478 e. The Labute approximate surface area is 201 Å². The number of benzene rings is 1. The maximum absolute atomic E-state index is 12.9. The summed E-state index contributed by atoms with van der Waals surface area (Å²) >= 11 is 7.56. The van der Waals surface area contributed by atoms with Crippen molar-refractivity contribution in [2.24, 2.45) is 4.99 Å². The molecule has 1 amide bonds. The van der Waals surface area contributed by atoms with Gasteiger partial charge in [0, 0.05) is 31.6 Å². The number of carboxylic acids is 1. The van der Waals surface area contributed by atoms with Crippen LogP contribution in [0.3, 0.4) is 0 Å². The van der Waals surface area contributed by atoms with Crippen LogP contribution in [0.2, 0.25) is 0 Å². The fourth-order valence-electron chi connectivity index (χ4n) is 4.24. The number of carboxylic acid groups (broad SMARTS) is 1. The average Bonchev–Trinajstić information content (AvgIpc) is 3.41. The molecule has 0 unspecified atom stereocenters. The molecule has 10 heteroatoms. The van der Waals surface area contributed by atoms with Gasteiger partial charge in [0.05, 0.1) is 15.8 Å².